The largest absolute Gasteiger partial charge is 0.456 e. The molecule has 7 aromatic carbocycles. The van der Waals surface area contributed by atoms with Gasteiger partial charge in [-0.2, -0.15) is 0 Å². The van der Waals surface area contributed by atoms with E-state index in [2.05, 4.69) is 118 Å². The first-order valence-electron chi connectivity index (χ1n) is 18.5. The molecule has 0 aliphatic carbocycles. The lowest BCUT2D eigenvalue weighted by Gasteiger charge is -2.12. The molecule has 4 aromatic heterocycles. The third-order valence-corrected chi connectivity index (χ3v) is 10.8. The third-order valence-electron chi connectivity index (χ3n) is 10.8. The number of hydrogen-bond donors (Lipinski definition) is 1. The molecule has 0 amide bonds. The Bertz CT molecular complexity index is 3350. The van der Waals surface area contributed by atoms with E-state index in [1.165, 1.54) is 38.0 Å². The lowest BCUT2D eigenvalue weighted by Crippen LogP contribution is -2.17. The van der Waals surface area contributed by atoms with Gasteiger partial charge in [-0.05, 0) is 47.3 Å². The van der Waals surface area contributed by atoms with Crippen LogP contribution < -0.4 is 5.73 Å². The van der Waals surface area contributed by atoms with E-state index < -0.39 is 0 Å². The normalized spacial score (nSPS) is 12.7. The van der Waals surface area contributed by atoms with Crippen molar-refractivity contribution in [3.8, 4) is 11.3 Å². The van der Waals surface area contributed by atoms with E-state index >= 15 is 0 Å². The van der Waals surface area contributed by atoms with Crippen molar-refractivity contribution in [1.29, 1.82) is 0 Å². The highest BCUT2D eigenvalue weighted by molar-refractivity contribution is 6.27. The minimum Gasteiger partial charge on any atom is -0.456 e. The average molecular weight is 708 g/mol. The van der Waals surface area contributed by atoms with Gasteiger partial charge in [0, 0.05) is 43.4 Å². The van der Waals surface area contributed by atoms with Crippen LogP contribution in [0.25, 0.3) is 82.2 Å². The summed E-state index contributed by atoms with van der Waals surface area (Å²) in [7, 11) is 0. The summed E-state index contributed by atoms with van der Waals surface area (Å²) < 4.78 is 11.0. The molecule has 11 rings (SSSR count). The number of fused-ring (bicyclic) bond motifs is 10. The smallest absolute Gasteiger partial charge is 0.158 e. The molecule has 6 heteroatoms. The maximum Gasteiger partial charge on any atom is 0.158 e. The second kappa shape index (κ2) is 12.3. The Balaban J connectivity index is 1.20. The number of rotatable bonds is 5. The zero-order valence-corrected chi connectivity index (χ0v) is 29.7. The van der Waals surface area contributed by atoms with Gasteiger partial charge in [0.05, 0.1) is 27.8 Å². The van der Waals surface area contributed by atoms with Gasteiger partial charge in [-0.15, -0.1) is 0 Å². The molecule has 0 unspecified atom stereocenters. The summed E-state index contributed by atoms with van der Waals surface area (Å²) in [6.45, 7) is 0.311. The lowest BCUT2D eigenvalue weighted by atomic mass is 10.0. The van der Waals surface area contributed by atoms with Gasteiger partial charge in [-0.25, -0.2) is 9.98 Å². The van der Waals surface area contributed by atoms with Gasteiger partial charge in [0.25, 0.3) is 0 Å². The summed E-state index contributed by atoms with van der Waals surface area (Å²) in [5, 5.41) is 7.91. The Morgan fingerprint density at radius 1 is 0.527 bits per heavy atom. The molecule has 0 aliphatic rings. The molecule has 2 N–H and O–H groups in total. The third kappa shape index (κ3) is 4.82. The van der Waals surface area contributed by atoms with Crippen LogP contribution >= 0.6 is 0 Å². The molecule has 0 fully saturated rings. The van der Waals surface area contributed by atoms with Crippen molar-refractivity contribution in [3.05, 3.63) is 187 Å². The molecule has 0 bridgehead atoms. The van der Waals surface area contributed by atoms with Gasteiger partial charge in [-0.1, -0.05) is 140 Å². The van der Waals surface area contributed by atoms with Crippen molar-refractivity contribution in [2.75, 3.05) is 0 Å². The summed E-state index contributed by atoms with van der Waals surface area (Å²) in [6, 6.07) is 61.1. The van der Waals surface area contributed by atoms with Gasteiger partial charge in [0.1, 0.15) is 23.7 Å². The van der Waals surface area contributed by atoms with Gasteiger partial charge < -0.3 is 19.1 Å². The minimum absolute atomic E-state index is 0.311. The maximum atomic E-state index is 6.95. The minimum atomic E-state index is 0.311. The Hall–Kier alpha value is -7.44. The van der Waals surface area contributed by atoms with Gasteiger partial charge >= 0.3 is 0 Å². The Kier molecular flexibility index (Phi) is 6.97. The van der Waals surface area contributed by atoms with Crippen LogP contribution in [0.1, 0.15) is 11.1 Å². The van der Waals surface area contributed by atoms with Crippen molar-refractivity contribution in [2.24, 2.45) is 15.7 Å². The second-order valence-electron chi connectivity index (χ2n) is 13.9. The maximum absolute atomic E-state index is 6.95. The van der Waals surface area contributed by atoms with E-state index in [1.54, 1.807) is 0 Å². The molecule has 6 nitrogen and oxygen atoms in total. The number of nitrogens with zero attached hydrogens (tertiary/aromatic N) is 4. The van der Waals surface area contributed by atoms with Crippen molar-refractivity contribution >= 4 is 82.6 Å². The standard InChI is InChI=1S/C49H33N5O/c50-48(37-23-14-28-43-44(37)36-21-9-12-27-42(36)55-43)52-49(32-17-5-2-6-18-32)51-30-53-40-26-13-22-35-34-20-8-11-25-39(34)54-38-24-10-7-19-33(38)29-41(54)46(45(35)40)47(53)31-15-3-1-4-16-31/h1-29H,30H2,(H2,50,51,52). The number of para-hydroxylation sites is 3. The van der Waals surface area contributed by atoms with Gasteiger partial charge in [-0.3, -0.25) is 0 Å². The molecular weight excluding hydrogens is 675 g/mol. The van der Waals surface area contributed by atoms with Gasteiger partial charge in [0.2, 0.25) is 0 Å². The summed E-state index contributed by atoms with van der Waals surface area (Å²) in [4.78, 5) is 10.4. The van der Waals surface area contributed by atoms with Crippen LogP contribution in [-0.4, -0.2) is 20.6 Å². The van der Waals surface area contributed by atoms with Crippen LogP contribution in [0.4, 0.5) is 0 Å². The van der Waals surface area contributed by atoms with Crippen LogP contribution in [0.3, 0.4) is 0 Å². The molecule has 0 radical (unpaired) electrons. The Morgan fingerprint density at radius 3 is 2.04 bits per heavy atom. The fraction of sp³-hybridized carbons (Fsp3) is 0.0204. The van der Waals surface area contributed by atoms with Crippen LogP contribution in [0, 0.1) is 0 Å². The molecular formula is C49H33N5O. The molecule has 0 saturated heterocycles. The quantitative estimate of drug-likeness (QED) is 0.143. The van der Waals surface area contributed by atoms with E-state index in [-0.39, 0.29) is 0 Å². The average Bonchev–Trinajstić information content (AvgIpc) is 3.90. The molecule has 11 aromatic rings. The molecule has 55 heavy (non-hydrogen) atoms. The molecule has 0 atom stereocenters. The zero-order valence-electron chi connectivity index (χ0n) is 29.7. The number of amidine groups is 2. The first-order valence-corrected chi connectivity index (χ1v) is 18.5. The van der Waals surface area contributed by atoms with E-state index in [0.29, 0.717) is 18.3 Å². The fourth-order valence-electron chi connectivity index (χ4n) is 8.49. The topological polar surface area (TPSA) is 73.2 Å². The summed E-state index contributed by atoms with van der Waals surface area (Å²) >= 11 is 0. The summed E-state index contributed by atoms with van der Waals surface area (Å²) in [5.74, 6) is 0.923. The van der Waals surface area contributed by atoms with Crippen LogP contribution in [0.5, 0.6) is 0 Å². The predicted molar refractivity (Wildman–Crippen MR) is 228 cm³/mol. The van der Waals surface area contributed by atoms with E-state index in [1.807, 2.05) is 66.7 Å². The monoisotopic (exact) mass is 707 g/mol. The fourth-order valence-corrected chi connectivity index (χ4v) is 8.49. The zero-order chi connectivity index (χ0) is 36.5. The highest BCUT2D eigenvalue weighted by Crippen LogP contribution is 2.44. The Morgan fingerprint density at radius 2 is 1.18 bits per heavy atom. The highest BCUT2D eigenvalue weighted by atomic mass is 16.3. The summed E-state index contributed by atoms with van der Waals surface area (Å²) in [5.41, 5.74) is 17.0. The number of hydrogen-bond acceptors (Lipinski definition) is 2. The van der Waals surface area contributed by atoms with Crippen LogP contribution in [0.2, 0.25) is 0 Å². The van der Waals surface area contributed by atoms with Crippen molar-refractivity contribution in [1.82, 2.24) is 8.97 Å². The molecule has 260 valence electrons. The molecule has 4 heterocycles. The number of benzene rings is 7. The van der Waals surface area contributed by atoms with Crippen LogP contribution in [-0.2, 0) is 6.67 Å². The van der Waals surface area contributed by atoms with Crippen molar-refractivity contribution < 1.29 is 4.42 Å². The molecule has 0 spiro atoms. The highest BCUT2D eigenvalue weighted by Gasteiger charge is 2.23. The molecule has 0 aliphatic heterocycles. The van der Waals surface area contributed by atoms with Crippen LogP contribution in [0.15, 0.2) is 190 Å². The van der Waals surface area contributed by atoms with E-state index in [9.17, 15) is 0 Å². The number of aromatic nitrogens is 2. The number of nitrogens with two attached hydrogens (primary N) is 1. The number of aliphatic imine (C=N–C) groups is 2. The van der Waals surface area contributed by atoms with Gasteiger partial charge in [0.15, 0.2) is 5.84 Å². The first kappa shape index (κ1) is 31.1. The van der Waals surface area contributed by atoms with Crippen molar-refractivity contribution in [2.45, 2.75) is 6.67 Å². The second-order valence-corrected chi connectivity index (χ2v) is 13.9. The Labute approximate surface area is 315 Å². The summed E-state index contributed by atoms with van der Waals surface area (Å²) in [6.07, 6.45) is 0. The van der Waals surface area contributed by atoms with Crippen molar-refractivity contribution in [3.63, 3.8) is 0 Å². The first-order chi connectivity index (χ1) is 27.2. The SMILES string of the molecule is NC(=NC(=NCn1c(-c2ccccc2)c2c3c(cccc31)c1ccccc1n1c3ccccc3cc21)c1ccccc1)c1cccc2oc3ccccc3c12. The lowest BCUT2D eigenvalue weighted by molar-refractivity contribution is 0.669. The predicted octanol–water partition coefficient (Wildman–Crippen LogP) is 11.7. The number of furan rings is 1. The van der Waals surface area contributed by atoms with E-state index in [4.69, 9.17) is 20.1 Å². The molecule has 0 saturated carbocycles. The van der Waals surface area contributed by atoms with E-state index in [0.717, 1.165) is 55.4 Å².